The van der Waals surface area contributed by atoms with Gasteiger partial charge in [0.15, 0.2) is 0 Å². The lowest BCUT2D eigenvalue weighted by atomic mass is 9.84. The number of likely N-dealkylation sites (tertiary alicyclic amines) is 1. The van der Waals surface area contributed by atoms with Crippen LogP contribution in [0.2, 0.25) is 0 Å². The first kappa shape index (κ1) is 20.1. The molecule has 1 amide bonds. The average Bonchev–Trinajstić information content (AvgIpc) is 3.16. The SMILES string of the molecule is CC(O)CNS(=O)(=O)C[C@]12CCC[C@H]1N(C(=O)OCc1ccccc1)CC2. The zero-order valence-corrected chi connectivity index (χ0v) is 16.5. The lowest BCUT2D eigenvalue weighted by Crippen LogP contribution is -2.45. The third-order valence-corrected chi connectivity index (χ3v) is 7.16. The van der Waals surface area contributed by atoms with E-state index in [0.29, 0.717) is 13.0 Å². The van der Waals surface area contributed by atoms with Gasteiger partial charge < -0.3 is 14.7 Å². The lowest BCUT2D eigenvalue weighted by molar-refractivity contribution is 0.0853. The van der Waals surface area contributed by atoms with Crippen LogP contribution in [0.25, 0.3) is 0 Å². The van der Waals surface area contributed by atoms with E-state index in [2.05, 4.69) is 4.72 Å². The normalized spacial score (nSPS) is 26.0. The minimum Gasteiger partial charge on any atom is -0.445 e. The molecule has 1 aromatic carbocycles. The van der Waals surface area contributed by atoms with Gasteiger partial charge >= 0.3 is 6.09 Å². The maximum Gasteiger partial charge on any atom is 0.410 e. The number of ether oxygens (including phenoxy) is 1. The number of fused-ring (bicyclic) bond motifs is 1. The van der Waals surface area contributed by atoms with Crippen LogP contribution in [0.5, 0.6) is 0 Å². The van der Waals surface area contributed by atoms with Crippen LogP contribution in [0.15, 0.2) is 30.3 Å². The van der Waals surface area contributed by atoms with E-state index in [1.165, 1.54) is 0 Å². The van der Waals surface area contributed by atoms with Gasteiger partial charge in [-0.15, -0.1) is 0 Å². The fraction of sp³-hybridized carbons (Fsp3) is 0.632. The maximum absolute atomic E-state index is 12.6. The standard InChI is InChI=1S/C19H28N2O5S/c1-15(22)12-20-27(24,25)14-19-9-5-8-17(19)21(11-10-19)18(23)26-13-16-6-3-2-4-7-16/h2-4,6-7,15,17,20,22H,5,8-14H2,1H3/t15?,17-,19-/m1/s1. The number of sulfonamides is 1. The van der Waals surface area contributed by atoms with Gasteiger partial charge in [0, 0.05) is 24.5 Å². The number of aliphatic hydroxyl groups is 1. The molecule has 1 aliphatic heterocycles. The molecule has 1 unspecified atom stereocenters. The number of nitrogens with zero attached hydrogens (tertiary/aromatic N) is 1. The first-order valence-electron chi connectivity index (χ1n) is 9.44. The molecule has 8 heteroatoms. The van der Waals surface area contributed by atoms with Crippen LogP contribution in [0.3, 0.4) is 0 Å². The van der Waals surface area contributed by atoms with Crippen molar-refractivity contribution in [2.45, 2.75) is 51.4 Å². The molecule has 1 aromatic rings. The topological polar surface area (TPSA) is 95.9 Å². The van der Waals surface area contributed by atoms with Crippen molar-refractivity contribution in [3.05, 3.63) is 35.9 Å². The number of aliphatic hydroxyl groups excluding tert-OH is 1. The Labute approximate surface area is 160 Å². The van der Waals surface area contributed by atoms with Gasteiger partial charge in [-0.3, -0.25) is 0 Å². The zero-order valence-electron chi connectivity index (χ0n) is 15.6. The minimum atomic E-state index is -3.52. The predicted octanol–water partition coefficient (Wildman–Crippen LogP) is 1.87. The van der Waals surface area contributed by atoms with E-state index in [9.17, 15) is 18.3 Å². The van der Waals surface area contributed by atoms with E-state index in [4.69, 9.17) is 4.74 Å². The third-order valence-electron chi connectivity index (χ3n) is 5.60. The van der Waals surface area contributed by atoms with Crippen molar-refractivity contribution in [3.63, 3.8) is 0 Å². The average molecular weight is 397 g/mol. The van der Waals surface area contributed by atoms with Crippen LogP contribution in [0.1, 0.15) is 38.2 Å². The van der Waals surface area contributed by atoms with Crippen molar-refractivity contribution < 1.29 is 23.1 Å². The smallest absolute Gasteiger partial charge is 0.410 e. The van der Waals surface area contributed by atoms with Crippen LogP contribution in [0.4, 0.5) is 4.79 Å². The number of carbonyl (C=O) groups is 1. The summed E-state index contributed by atoms with van der Waals surface area (Å²) in [5.74, 6) is -0.0140. The van der Waals surface area contributed by atoms with Gasteiger partial charge in [0.05, 0.1) is 11.9 Å². The van der Waals surface area contributed by atoms with Crippen molar-refractivity contribution >= 4 is 16.1 Å². The van der Waals surface area contributed by atoms with Crippen LogP contribution in [-0.4, -0.2) is 55.5 Å². The Morgan fingerprint density at radius 2 is 2.11 bits per heavy atom. The Kier molecular flexibility index (Phi) is 6.08. The number of rotatable bonds is 7. The minimum absolute atomic E-state index is 0.00586. The van der Waals surface area contributed by atoms with E-state index < -0.39 is 21.5 Å². The summed E-state index contributed by atoms with van der Waals surface area (Å²) < 4.78 is 32.9. The molecule has 7 nitrogen and oxygen atoms in total. The number of carbonyl (C=O) groups excluding carboxylic acids is 1. The van der Waals surface area contributed by atoms with Gasteiger partial charge in [-0.25, -0.2) is 17.9 Å². The van der Waals surface area contributed by atoms with Gasteiger partial charge in [0.25, 0.3) is 0 Å². The molecule has 3 atom stereocenters. The monoisotopic (exact) mass is 396 g/mol. The van der Waals surface area contributed by atoms with E-state index in [1.807, 2.05) is 30.3 Å². The Morgan fingerprint density at radius 3 is 2.81 bits per heavy atom. The number of amides is 1. The molecule has 27 heavy (non-hydrogen) atoms. The summed E-state index contributed by atoms with van der Waals surface area (Å²) in [5, 5.41) is 9.33. The molecule has 1 saturated heterocycles. The molecule has 1 heterocycles. The summed E-state index contributed by atoms with van der Waals surface area (Å²) in [7, 11) is -3.52. The van der Waals surface area contributed by atoms with Crippen LogP contribution in [0, 0.1) is 5.41 Å². The third kappa shape index (κ3) is 4.80. The largest absolute Gasteiger partial charge is 0.445 e. The number of hydrogen-bond acceptors (Lipinski definition) is 5. The van der Waals surface area contributed by atoms with E-state index >= 15 is 0 Å². The van der Waals surface area contributed by atoms with Gasteiger partial charge in [-0.05, 0) is 31.7 Å². The predicted molar refractivity (Wildman–Crippen MR) is 101 cm³/mol. The van der Waals surface area contributed by atoms with E-state index in [-0.39, 0.29) is 31.0 Å². The second-order valence-electron chi connectivity index (χ2n) is 7.71. The summed E-state index contributed by atoms with van der Waals surface area (Å²) in [6, 6.07) is 9.39. The molecule has 0 bridgehead atoms. The second-order valence-corrected chi connectivity index (χ2v) is 9.52. The highest BCUT2D eigenvalue weighted by Gasteiger charge is 2.54. The molecule has 1 saturated carbocycles. The Bertz CT molecular complexity index is 753. The van der Waals surface area contributed by atoms with Crippen LogP contribution in [-0.2, 0) is 21.4 Å². The summed E-state index contributed by atoms with van der Waals surface area (Å²) in [6.07, 6.45) is 2.04. The molecule has 2 N–H and O–H groups in total. The van der Waals surface area contributed by atoms with Gasteiger partial charge in [0.1, 0.15) is 6.61 Å². The van der Waals surface area contributed by atoms with E-state index in [1.54, 1.807) is 11.8 Å². The number of benzene rings is 1. The summed E-state index contributed by atoms with van der Waals surface area (Å²) in [5.41, 5.74) is 0.503. The Balaban J connectivity index is 1.63. The zero-order chi connectivity index (χ0) is 19.5. The molecule has 1 aliphatic carbocycles. The van der Waals surface area contributed by atoms with Crippen LogP contribution < -0.4 is 4.72 Å². The quantitative estimate of drug-likeness (QED) is 0.733. The molecule has 150 valence electrons. The molecular formula is C19H28N2O5S. The summed E-state index contributed by atoms with van der Waals surface area (Å²) in [4.78, 5) is 14.3. The maximum atomic E-state index is 12.6. The van der Waals surface area contributed by atoms with Crippen LogP contribution >= 0.6 is 0 Å². The molecule has 3 rings (SSSR count). The number of hydrogen-bond donors (Lipinski definition) is 2. The van der Waals surface area contributed by atoms with Crippen molar-refractivity contribution in [1.29, 1.82) is 0 Å². The highest BCUT2D eigenvalue weighted by Crippen LogP contribution is 2.49. The highest BCUT2D eigenvalue weighted by atomic mass is 32.2. The van der Waals surface area contributed by atoms with Gasteiger partial charge in [-0.1, -0.05) is 36.8 Å². The molecule has 2 fully saturated rings. The van der Waals surface area contributed by atoms with Crippen molar-refractivity contribution in [2.24, 2.45) is 5.41 Å². The number of nitrogens with one attached hydrogen (secondary N) is 1. The molecule has 0 spiro atoms. The fourth-order valence-corrected chi connectivity index (χ4v) is 6.17. The first-order chi connectivity index (χ1) is 12.8. The second kappa shape index (κ2) is 8.16. The summed E-state index contributed by atoms with van der Waals surface area (Å²) in [6.45, 7) is 2.28. The van der Waals surface area contributed by atoms with Crippen molar-refractivity contribution in [1.82, 2.24) is 9.62 Å². The lowest BCUT2D eigenvalue weighted by Gasteiger charge is -2.31. The van der Waals surface area contributed by atoms with E-state index in [0.717, 1.165) is 24.8 Å². The Morgan fingerprint density at radius 1 is 1.37 bits per heavy atom. The molecule has 0 radical (unpaired) electrons. The van der Waals surface area contributed by atoms with Gasteiger partial charge in [-0.2, -0.15) is 0 Å². The first-order valence-corrected chi connectivity index (χ1v) is 11.1. The summed E-state index contributed by atoms with van der Waals surface area (Å²) >= 11 is 0. The molecule has 0 aromatic heterocycles. The van der Waals surface area contributed by atoms with Gasteiger partial charge in [0.2, 0.25) is 10.0 Å². The Hall–Kier alpha value is -1.64. The van der Waals surface area contributed by atoms with Crippen molar-refractivity contribution in [3.8, 4) is 0 Å². The fourth-order valence-electron chi connectivity index (χ4n) is 4.34. The molecule has 2 aliphatic rings. The van der Waals surface area contributed by atoms with Crippen molar-refractivity contribution in [2.75, 3.05) is 18.8 Å². The highest BCUT2D eigenvalue weighted by molar-refractivity contribution is 7.89. The molecular weight excluding hydrogens is 368 g/mol.